The maximum Gasteiger partial charge on any atom is 0.0475 e. The van der Waals surface area contributed by atoms with Crippen LogP contribution in [0.5, 0.6) is 0 Å². The van der Waals surface area contributed by atoms with Crippen LogP contribution in [0.15, 0.2) is 36.0 Å². The minimum absolute atomic E-state index is 0.566. The molecule has 0 amide bonds. The molecular weight excluding hydrogens is 223 g/mol. The van der Waals surface area contributed by atoms with Gasteiger partial charge in [0.25, 0.3) is 0 Å². The number of rotatable bonds is 0. The first-order valence-electron chi connectivity index (χ1n) is 2.96. The fraction of sp³-hybridized carbons (Fsp3) is 0.250. The first kappa shape index (κ1) is 7.06. The quantitative estimate of drug-likeness (QED) is 0.445. The van der Waals surface area contributed by atoms with Gasteiger partial charge in [-0.2, -0.15) is 0 Å². The Bertz CT molecular complexity index is 175. The lowest BCUT2D eigenvalue weighted by Crippen LogP contribution is -1.80. The third-order valence-corrected chi connectivity index (χ3v) is 2.03. The maximum absolute atomic E-state index is 2.38. The Hall–Kier alpha value is -0.0500. The van der Waals surface area contributed by atoms with Gasteiger partial charge in [0.05, 0.1) is 0 Å². The number of alkyl halides is 1. The minimum Gasteiger partial charge on any atom is -0.0735 e. The molecule has 0 radical (unpaired) electrons. The van der Waals surface area contributed by atoms with Crippen LogP contribution in [0.3, 0.4) is 0 Å². The van der Waals surface area contributed by atoms with E-state index in [1.165, 1.54) is 5.57 Å². The van der Waals surface area contributed by atoms with Crippen molar-refractivity contribution in [3.05, 3.63) is 36.0 Å². The van der Waals surface area contributed by atoms with Gasteiger partial charge in [-0.3, -0.25) is 0 Å². The summed E-state index contributed by atoms with van der Waals surface area (Å²) in [6, 6.07) is 0. The molecule has 0 aliphatic heterocycles. The van der Waals surface area contributed by atoms with Crippen molar-refractivity contribution in [3.63, 3.8) is 0 Å². The summed E-state index contributed by atoms with van der Waals surface area (Å²) in [6.07, 6.45) is 10.7. The Morgan fingerprint density at radius 3 is 3.00 bits per heavy atom. The van der Waals surface area contributed by atoms with E-state index in [1.54, 1.807) is 0 Å². The summed E-state index contributed by atoms with van der Waals surface area (Å²) in [4.78, 5) is 0. The van der Waals surface area contributed by atoms with Gasteiger partial charge in [0.1, 0.15) is 0 Å². The fourth-order valence-corrected chi connectivity index (χ4v) is 1.12. The number of halogens is 1. The van der Waals surface area contributed by atoms with Crippen LogP contribution in [0, 0.1) is 0 Å². The molecule has 0 aromatic rings. The van der Waals surface area contributed by atoms with E-state index in [4.69, 9.17) is 0 Å². The Balaban J connectivity index is 2.75. The van der Waals surface area contributed by atoms with Crippen LogP contribution < -0.4 is 0 Å². The van der Waals surface area contributed by atoms with Crippen molar-refractivity contribution < 1.29 is 0 Å². The molecular formula is C8H9I. The topological polar surface area (TPSA) is 0 Å². The zero-order valence-electron chi connectivity index (χ0n) is 5.34. The van der Waals surface area contributed by atoms with Crippen molar-refractivity contribution in [3.8, 4) is 0 Å². The number of hydrogen-bond donors (Lipinski definition) is 0. The first-order chi connectivity index (χ1) is 4.29. The van der Waals surface area contributed by atoms with E-state index in [1.807, 2.05) is 0 Å². The molecule has 1 rings (SSSR count). The second-order valence-corrected chi connectivity index (χ2v) is 3.54. The molecule has 1 heteroatoms. The van der Waals surface area contributed by atoms with Crippen LogP contribution in [-0.2, 0) is 0 Å². The molecule has 0 fully saturated rings. The second-order valence-electron chi connectivity index (χ2n) is 2.10. The van der Waals surface area contributed by atoms with Crippen molar-refractivity contribution in [1.82, 2.24) is 0 Å². The van der Waals surface area contributed by atoms with Gasteiger partial charge < -0.3 is 0 Å². The van der Waals surface area contributed by atoms with E-state index in [-0.39, 0.29) is 0 Å². The van der Waals surface area contributed by atoms with E-state index < -0.39 is 0 Å². The zero-order chi connectivity index (χ0) is 6.69. The van der Waals surface area contributed by atoms with E-state index in [2.05, 4.69) is 59.9 Å². The highest BCUT2D eigenvalue weighted by Gasteiger charge is 1.92. The van der Waals surface area contributed by atoms with Crippen LogP contribution in [0.2, 0.25) is 0 Å². The Labute approximate surface area is 69.5 Å². The molecule has 0 heterocycles. The van der Waals surface area contributed by atoms with Crippen LogP contribution in [0.4, 0.5) is 0 Å². The molecule has 0 saturated carbocycles. The predicted molar refractivity (Wildman–Crippen MR) is 49.8 cm³/mol. The molecule has 48 valence electrons. The number of hydrogen-bond acceptors (Lipinski definition) is 0. The largest absolute Gasteiger partial charge is 0.0735 e. The van der Waals surface area contributed by atoms with Crippen LogP contribution in [0.1, 0.15) is 6.92 Å². The van der Waals surface area contributed by atoms with Crippen LogP contribution >= 0.6 is 22.6 Å². The molecule has 0 spiro atoms. The smallest absolute Gasteiger partial charge is 0.0475 e. The van der Waals surface area contributed by atoms with E-state index in [9.17, 15) is 0 Å². The lowest BCUT2D eigenvalue weighted by molar-refractivity contribution is 1.47. The average molecular weight is 232 g/mol. The fourth-order valence-electron chi connectivity index (χ4n) is 0.677. The molecule has 0 saturated heterocycles. The summed E-state index contributed by atoms with van der Waals surface area (Å²) in [5.41, 5.74) is 1.32. The van der Waals surface area contributed by atoms with Gasteiger partial charge in [-0.05, 0) is 6.92 Å². The molecule has 1 unspecified atom stereocenters. The maximum atomic E-state index is 2.38. The van der Waals surface area contributed by atoms with Gasteiger partial charge >= 0.3 is 0 Å². The van der Waals surface area contributed by atoms with Gasteiger partial charge in [0.15, 0.2) is 0 Å². The highest BCUT2D eigenvalue weighted by atomic mass is 127. The summed E-state index contributed by atoms with van der Waals surface area (Å²) >= 11 is 2.38. The third-order valence-electron chi connectivity index (χ3n) is 1.20. The standard InChI is InChI=1S/C8H9I/c1-7-3-2-4-8(9)6-5-7/h2-6,8H,1H3. The summed E-state index contributed by atoms with van der Waals surface area (Å²) in [7, 11) is 0. The SMILES string of the molecule is CC1=CC=CC(I)C=C1. The van der Waals surface area contributed by atoms with Crippen molar-refractivity contribution in [2.75, 3.05) is 0 Å². The summed E-state index contributed by atoms with van der Waals surface area (Å²) in [5.74, 6) is 0. The minimum atomic E-state index is 0.566. The van der Waals surface area contributed by atoms with Crippen LogP contribution in [0.25, 0.3) is 0 Å². The van der Waals surface area contributed by atoms with E-state index in [0.29, 0.717) is 3.92 Å². The molecule has 0 aromatic carbocycles. The molecule has 9 heavy (non-hydrogen) atoms. The average Bonchev–Trinajstić information content (AvgIpc) is 1.97. The van der Waals surface area contributed by atoms with Crippen molar-refractivity contribution in [2.24, 2.45) is 0 Å². The van der Waals surface area contributed by atoms with Crippen molar-refractivity contribution in [1.29, 1.82) is 0 Å². The molecule has 1 aliphatic carbocycles. The van der Waals surface area contributed by atoms with Gasteiger partial charge in [-0.1, -0.05) is 58.5 Å². The summed E-state index contributed by atoms with van der Waals surface area (Å²) in [6.45, 7) is 2.11. The van der Waals surface area contributed by atoms with Crippen molar-refractivity contribution >= 4 is 22.6 Å². The highest BCUT2D eigenvalue weighted by molar-refractivity contribution is 14.1. The zero-order valence-corrected chi connectivity index (χ0v) is 7.50. The predicted octanol–water partition coefficient (Wildman–Crippen LogP) is 2.86. The summed E-state index contributed by atoms with van der Waals surface area (Å²) in [5, 5.41) is 0. The lowest BCUT2D eigenvalue weighted by Gasteiger charge is -1.89. The third kappa shape index (κ3) is 2.35. The molecule has 0 nitrogen and oxygen atoms in total. The second kappa shape index (κ2) is 3.20. The van der Waals surface area contributed by atoms with Crippen molar-refractivity contribution in [2.45, 2.75) is 10.8 Å². The number of allylic oxidation sites excluding steroid dienone is 6. The van der Waals surface area contributed by atoms with Gasteiger partial charge in [0, 0.05) is 3.92 Å². The van der Waals surface area contributed by atoms with Crippen LogP contribution in [-0.4, -0.2) is 3.92 Å². The molecule has 0 N–H and O–H groups in total. The van der Waals surface area contributed by atoms with Gasteiger partial charge in [-0.15, -0.1) is 0 Å². The van der Waals surface area contributed by atoms with E-state index in [0.717, 1.165) is 0 Å². The Kier molecular flexibility index (Phi) is 2.51. The van der Waals surface area contributed by atoms with Gasteiger partial charge in [0.2, 0.25) is 0 Å². The lowest BCUT2D eigenvalue weighted by atomic mass is 10.3. The normalized spacial score (nSPS) is 25.6. The molecule has 1 aliphatic rings. The molecule has 1 atom stereocenters. The summed E-state index contributed by atoms with van der Waals surface area (Å²) < 4.78 is 0.566. The molecule has 0 bridgehead atoms. The highest BCUT2D eigenvalue weighted by Crippen LogP contribution is 2.10. The van der Waals surface area contributed by atoms with E-state index >= 15 is 0 Å². The Morgan fingerprint density at radius 1 is 1.44 bits per heavy atom. The Morgan fingerprint density at radius 2 is 2.22 bits per heavy atom. The monoisotopic (exact) mass is 232 g/mol. The molecule has 0 aromatic heterocycles. The first-order valence-corrected chi connectivity index (χ1v) is 4.21. The van der Waals surface area contributed by atoms with Gasteiger partial charge in [-0.25, -0.2) is 0 Å².